The third kappa shape index (κ3) is 3.98. The molecule has 0 bridgehead atoms. The van der Waals surface area contributed by atoms with E-state index >= 15 is 0 Å². The van der Waals surface area contributed by atoms with Gasteiger partial charge in [-0.25, -0.2) is 0 Å². The van der Waals surface area contributed by atoms with E-state index in [1.807, 2.05) is 4.90 Å². The molecule has 1 amide bonds. The lowest BCUT2D eigenvalue weighted by Gasteiger charge is -2.38. The van der Waals surface area contributed by atoms with E-state index in [9.17, 15) is 4.79 Å². The Labute approximate surface area is 153 Å². The Balaban J connectivity index is 1.53. The van der Waals surface area contributed by atoms with Crippen LogP contribution < -0.4 is 4.74 Å². The van der Waals surface area contributed by atoms with Crippen LogP contribution in [0.3, 0.4) is 0 Å². The van der Waals surface area contributed by atoms with Crippen LogP contribution in [0.4, 0.5) is 0 Å². The van der Waals surface area contributed by atoms with E-state index < -0.39 is 6.10 Å². The number of hydrogen-bond donors (Lipinski definition) is 0. The van der Waals surface area contributed by atoms with Gasteiger partial charge in [0, 0.05) is 32.2 Å². The highest BCUT2D eigenvalue weighted by Gasteiger charge is 2.30. The topological polar surface area (TPSA) is 32.8 Å². The molecule has 1 atom stereocenters. The molecule has 2 fully saturated rings. The fourth-order valence-electron chi connectivity index (χ4n) is 3.65. The standard InChI is InChI=1S/C18H24Cl2N2O2/c1-13(24-16-8-4-7-15(19)17(16)20)18(23)22-11-9-21(10-12-22)14-5-2-3-6-14/h4,7-8,13-14H,2-3,5-6,9-12H2,1H3. The summed E-state index contributed by atoms with van der Waals surface area (Å²) in [5, 5.41) is 0.781. The van der Waals surface area contributed by atoms with Crippen LogP contribution in [0.1, 0.15) is 32.6 Å². The number of halogens is 2. The summed E-state index contributed by atoms with van der Waals surface area (Å²) < 4.78 is 5.75. The molecule has 1 heterocycles. The molecule has 1 aromatic rings. The van der Waals surface area contributed by atoms with Crippen molar-refractivity contribution in [2.45, 2.75) is 44.8 Å². The normalized spacial score (nSPS) is 21.0. The number of piperazine rings is 1. The maximum absolute atomic E-state index is 12.6. The highest BCUT2D eigenvalue weighted by Crippen LogP contribution is 2.32. The van der Waals surface area contributed by atoms with E-state index in [2.05, 4.69) is 4.90 Å². The van der Waals surface area contributed by atoms with Crippen LogP contribution in [-0.2, 0) is 4.79 Å². The molecule has 0 N–H and O–H groups in total. The van der Waals surface area contributed by atoms with Gasteiger partial charge in [-0.2, -0.15) is 0 Å². The fraction of sp³-hybridized carbons (Fsp3) is 0.611. The Morgan fingerprint density at radius 1 is 1.17 bits per heavy atom. The molecule has 0 spiro atoms. The lowest BCUT2D eigenvalue weighted by Crippen LogP contribution is -2.53. The molecule has 1 saturated heterocycles. The maximum Gasteiger partial charge on any atom is 0.263 e. The Kier molecular flexibility index (Phi) is 5.90. The Morgan fingerprint density at radius 3 is 2.50 bits per heavy atom. The fourth-order valence-corrected chi connectivity index (χ4v) is 3.99. The van der Waals surface area contributed by atoms with Crippen LogP contribution in [0.5, 0.6) is 5.75 Å². The molecule has 1 aliphatic heterocycles. The Bertz CT molecular complexity index is 582. The summed E-state index contributed by atoms with van der Waals surface area (Å²) in [5.41, 5.74) is 0. The molecule has 0 radical (unpaired) electrons. The van der Waals surface area contributed by atoms with Gasteiger partial charge < -0.3 is 9.64 Å². The maximum atomic E-state index is 12.6. The molecule has 1 saturated carbocycles. The van der Waals surface area contributed by atoms with Crippen molar-refractivity contribution < 1.29 is 9.53 Å². The third-order valence-electron chi connectivity index (χ3n) is 5.03. The van der Waals surface area contributed by atoms with Crippen molar-refractivity contribution in [3.8, 4) is 5.75 Å². The molecule has 132 valence electrons. The summed E-state index contributed by atoms with van der Waals surface area (Å²) in [6.45, 7) is 5.23. The number of nitrogens with zero attached hydrogens (tertiary/aromatic N) is 2. The molecular weight excluding hydrogens is 347 g/mol. The summed E-state index contributed by atoms with van der Waals surface area (Å²) in [6, 6.07) is 5.92. The zero-order valence-electron chi connectivity index (χ0n) is 14.0. The van der Waals surface area contributed by atoms with E-state index in [4.69, 9.17) is 27.9 Å². The number of rotatable bonds is 4. The highest BCUT2D eigenvalue weighted by atomic mass is 35.5. The average molecular weight is 371 g/mol. The zero-order valence-corrected chi connectivity index (χ0v) is 15.5. The van der Waals surface area contributed by atoms with Crippen molar-refractivity contribution in [3.63, 3.8) is 0 Å². The van der Waals surface area contributed by atoms with Gasteiger partial charge in [0.15, 0.2) is 6.10 Å². The molecule has 0 aromatic heterocycles. The molecule has 1 aromatic carbocycles. The van der Waals surface area contributed by atoms with Crippen molar-refractivity contribution in [2.75, 3.05) is 26.2 Å². The van der Waals surface area contributed by atoms with Gasteiger partial charge in [-0.05, 0) is 31.9 Å². The van der Waals surface area contributed by atoms with E-state index in [1.165, 1.54) is 25.7 Å². The molecular formula is C18H24Cl2N2O2. The number of benzene rings is 1. The Hall–Kier alpha value is -0.970. The minimum Gasteiger partial charge on any atom is -0.479 e. The van der Waals surface area contributed by atoms with Crippen LogP contribution in [0.15, 0.2) is 18.2 Å². The van der Waals surface area contributed by atoms with E-state index in [1.54, 1.807) is 25.1 Å². The smallest absolute Gasteiger partial charge is 0.263 e. The van der Waals surface area contributed by atoms with Crippen LogP contribution in [0.25, 0.3) is 0 Å². The van der Waals surface area contributed by atoms with Crippen LogP contribution in [0, 0.1) is 0 Å². The summed E-state index contributed by atoms with van der Waals surface area (Å²) in [5.74, 6) is 0.465. The number of carbonyl (C=O) groups is 1. The van der Waals surface area contributed by atoms with Gasteiger partial charge in [0.25, 0.3) is 5.91 Å². The minimum atomic E-state index is -0.570. The molecule has 1 unspecified atom stereocenters. The first kappa shape index (κ1) is 17.8. The van der Waals surface area contributed by atoms with Crippen molar-refractivity contribution in [1.82, 2.24) is 9.80 Å². The predicted octanol–water partition coefficient (Wildman–Crippen LogP) is 3.85. The van der Waals surface area contributed by atoms with Gasteiger partial charge in [0.1, 0.15) is 10.8 Å². The van der Waals surface area contributed by atoms with Crippen molar-refractivity contribution >= 4 is 29.1 Å². The van der Waals surface area contributed by atoms with Crippen LogP contribution in [-0.4, -0.2) is 54.0 Å². The van der Waals surface area contributed by atoms with Gasteiger partial charge in [-0.1, -0.05) is 42.1 Å². The van der Waals surface area contributed by atoms with E-state index in [-0.39, 0.29) is 5.91 Å². The first-order valence-electron chi connectivity index (χ1n) is 8.70. The van der Waals surface area contributed by atoms with Gasteiger partial charge in [0.2, 0.25) is 0 Å². The second-order valence-corrected chi connectivity index (χ2v) is 7.40. The van der Waals surface area contributed by atoms with Gasteiger partial charge in [-0.15, -0.1) is 0 Å². The molecule has 24 heavy (non-hydrogen) atoms. The average Bonchev–Trinajstić information content (AvgIpc) is 3.13. The first-order valence-corrected chi connectivity index (χ1v) is 9.45. The number of hydrogen-bond acceptors (Lipinski definition) is 3. The SMILES string of the molecule is CC(Oc1cccc(Cl)c1Cl)C(=O)N1CCN(C2CCCC2)CC1. The van der Waals surface area contributed by atoms with Crippen molar-refractivity contribution in [2.24, 2.45) is 0 Å². The summed E-state index contributed by atoms with van der Waals surface area (Å²) in [4.78, 5) is 17.1. The second-order valence-electron chi connectivity index (χ2n) is 6.61. The third-order valence-corrected chi connectivity index (χ3v) is 5.84. The largest absolute Gasteiger partial charge is 0.479 e. The summed E-state index contributed by atoms with van der Waals surface area (Å²) in [7, 11) is 0. The molecule has 2 aliphatic rings. The van der Waals surface area contributed by atoms with Gasteiger partial charge in [0.05, 0.1) is 5.02 Å². The number of amides is 1. The predicted molar refractivity (Wildman–Crippen MR) is 97.0 cm³/mol. The van der Waals surface area contributed by atoms with Crippen molar-refractivity contribution in [3.05, 3.63) is 28.2 Å². The molecule has 4 nitrogen and oxygen atoms in total. The van der Waals surface area contributed by atoms with Crippen molar-refractivity contribution in [1.29, 1.82) is 0 Å². The zero-order chi connectivity index (χ0) is 17.1. The minimum absolute atomic E-state index is 0.0112. The van der Waals surface area contributed by atoms with E-state index in [0.717, 1.165) is 32.2 Å². The number of ether oxygens (including phenoxy) is 1. The molecule has 6 heteroatoms. The van der Waals surface area contributed by atoms with Crippen LogP contribution in [0.2, 0.25) is 10.0 Å². The second kappa shape index (κ2) is 7.94. The highest BCUT2D eigenvalue weighted by molar-refractivity contribution is 6.42. The molecule has 1 aliphatic carbocycles. The Morgan fingerprint density at radius 2 is 1.83 bits per heavy atom. The van der Waals surface area contributed by atoms with Crippen LogP contribution >= 0.6 is 23.2 Å². The lowest BCUT2D eigenvalue weighted by molar-refractivity contribution is -0.140. The molecule has 3 rings (SSSR count). The van der Waals surface area contributed by atoms with E-state index in [0.29, 0.717) is 15.8 Å². The lowest BCUT2D eigenvalue weighted by atomic mass is 10.1. The summed E-state index contributed by atoms with van der Waals surface area (Å²) >= 11 is 12.1. The quantitative estimate of drug-likeness (QED) is 0.806. The van der Waals surface area contributed by atoms with Gasteiger partial charge in [-0.3, -0.25) is 9.69 Å². The monoisotopic (exact) mass is 370 g/mol. The first-order chi connectivity index (χ1) is 11.6. The number of carbonyl (C=O) groups excluding carboxylic acids is 1. The summed E-state index contributed by atoms with van der Waals surface area (Å²) in [6.07, 6.45) is 4.73. The van der Waals surface area contributed by atoms with Gasteiger partial charge >= 0.3 is 0 Å².